The van der Waals surface area contributed by atoms with E-state index in [1.807, 2.05) is 32.9 Å². The first kappa shape index (κ1) is 20.1. The first-order valence-corrected chi connectivity index (χ1v) is 9.32. The third-order valence-corrected chi connectivity index (χ3v) is 4.65. The maximum atomic E-state index is 12.6. The van der Waals surface area contributed by atoms with Crippen molar-refractivity contribution in [3.8, 4) is 5.75 Å². The number of methoxy groups -OCH3 is 1. The van der Waals surface area contributed by atoms with Gasteiger partial charge in [-0.3, -0.25) is 9.59 Å². The summed E-state index contributed by atoms with van der Waals surface area (Å²) in [6, 6.07) is 17.8. The minimum atomic E-state index is -0.254. The number of nitrogens with one attached hydrogen (secondary N) is 2. The standard InChI is InChI=1S/C24H24N2O3/c1-15-12-16(2)22(17(3)13-15)26-24(28)19-10-8-18(9-11-19)23(27)25-20-6-5-7-21(14-20)29-4/h5-14H,1-4H3,(H,25,27)(H,26,28). The van der Waals surface area contributed by atoms with Crippen molar-refractivity contribution in [3.63, 3.8) is 0 Å². The predicted molar refractivity (Wildman–Crippen MR) is 116 cm³/mol. The average molecular weight is 388 g/mol. The van der Waals surface area contributed by atoms with Gasteiger partial charge in [-0.1, -0.05) is 23.8 Å². The zero-order chi connectivity index (χ0) is 21.0. The van der Waals surface area contributed by atoms with Crippen LogP contribution in [0.4, 0.5) is 11.4 Å². The van der Waals surface area contributed by atoms with E-state index in [9.17, 15) is 9.59 Å². The minimum Gasteiger partial charge on any atom is -0.497 e. The smallest absolute Gasteiger partial charge is 0.255 e. The molecule has 0 spiro atoms. The molecule has 0 aliphatic carbocycles. The Morgan fingerprint density at radius 1 is 0.759 bits per heavy atom. The highest BCUT2D eigenvalue weighted by molar-refractivity contribution is 6.07. The lowest BCUT2D eigenvalue weighted by Gasteiger charge is -2.13. The SMILES string of the molecule is COc1cccc(NC(=O)c2ccc(C(=O)Nc3c(C)cc(C)cc3C)cc2)c1. The Labute approximate surface area is 170 Å². The third kappa shape index (κ3) is 4.82. The monoisotopic (exact) mass is 388 g/mol. The van der Waals surface area contributed by atoms with Crippen LogP contribution < -0.4 is 15.4 Å². The van der Waals surface area contributed by atoms with Crippen LogP contribution in [0, 0.1) is 20.8 Å². The fourth-order valence-corrected chi connectivity index (χ4v) is 3.24. The van der Waals surface area contributed by atoms with Crippen molar-refractivity contribution in [2.75, 3.05) is 17.7 Å². The number of benzene rings is 3. The maximum absolute atomic E-state index is 12.6. The summed E-state index contributed by atoms with van der Waals surface area (Å²) < 4.78 is 5.16. The summed E-state index contributed by atoms with van der Waals surface area (Å²) in [5, 5.41) is 5.79. The van der Waals surface area contributed by atoms with Gasteiger partial charge in [0.15, 0.2) is 0 Å². The summed E-state index contributed by atoms with van der Waals surface area (Å²) in [6.45, 7) is 5.98. The lowest BCUT2D eigenvalue weighted by atomic mass is 10.0. The van der Waals surface area contributed by atoms with Gasteiger partial charge in [-0.15, -0.1) is 0 Å². The van der Waals surface area contributed by atoms with E-state index in [1.165, 1.54) is 0 Å². The minimum absolute atomic E-state index is 0.209. The number of carbonyl (C=O) groups is 2. The van der Waals surface area contributed by atoms with Gasteiger partial charge in [0.25, 0.3) is 11.8 Å². The predicted octanol–water partition coefficient (Wildman–Crippen LogP) is 5.13. The van der Waals surface area contributed by atoms with Gasteiger partial charge in [-0.05, 0) is 68.3 Å². The van der Waals surface area contributed by atoms with E-state index >= 15 is 0 Å². The van der Waals surface area contributed by atoms with E-state index in [1.54, 1.807) is 55.6 Å². The molecule has 0 bridgehead atoms. The van der Waals surface area contributed by atoms with E-state index in [0.29, 0.717) is 22.6 Å². The highest BCUT2D eigenvalue weighted by atomic mass is 16.5. The van der Waals surface area contributed by atoms with Crippen LogP contribution in [0.3, 0.4) is 0 Å². The number of amides is 2. The zero-order valence-corrected chi connectivity index (χ0v) is 17.0. The van der Waals surface area contributed by atoms with Gasteiger partial charge in [0.05, 0.1) is 7.11 Å². The third-order valence-electron chi connectivity index (χ3n) is 4.65. The highest BCUT2D eigenvalue weighted by Gasteiger charge is 2.12. The van der Waals surface area contributed by atoms with Crippen LogP contribution in [0.15, 0.2) is 60.7 Å². The quantitative estimate of drug-likeness (QED) is 0.637. The molecular formula is C24H24N2O3. The molecule has 2 amide bonds. The first-order valence-electron chi connectivity index (χ1n) is 9.32. The summed E-state index contributed by atoms with van der Waals surface area (Å²) >= 11 is 0. The number of carbonyl (C=O) groups excluding carboxylic acids is 2. The Hall–Kier alpha value is -3.60. The number of anilines is 2. The van der Waals surface area contributed by atoms with E-state index in [0.717, 1.165) is 22.4 Å². The number of hydrogen-bond donors (Lipinski definition) is 2. The molecule has 5 heteroatoms. The summed E-state index contributed by atoms with van der Waals surface area (Å²) in [4.78, 5) is 25.1. The number of aryl methyl sites for hydroxylation is 3. The second-order valence-corrected chi connectivity index (χ2v) is 6.99. The van der Waals surface area contributed by atoms with Crippen LogP contribution in [0.1, 0.15) is 37.4 Å². The molecule has 3 aromatic carbocycles. The number of hydrogen-bond acceptors (Lipinski definition) is 3. The summed E-state index contributed by atoms with van der Waals surface area (Å²) in [6.07, 6.45) is 0. The van der Waals surface area contributed by atoms with Crippen LogP contribution in [0.2, 0.25) is 0 Å². The Balaban J connectivity index is 1.71. The molecule has 0 unspecified atom stereocenters. The largest absolute Gasteiger partial charge is 0.497 e. The van der Waals surface area contributed by atoms with Crippen LogP contribution in [-0.2, 0) is 0 Å². The summed E-state index contributed by atoms with van der Waals surface area (Å²) in [5.74, 6) is 0.201. The molecule has 0 saturated heterocycles. The summed E-state index contributed by atoms with van der Waals surface area (Å²) in [7, 11) is 1.57. The second kappa shape index (κ2) is 8.61. The molecule has 0 aliphatic heterocycles. The van der Waals surface area contributed by atoms with Gasteiger partial charge in [0.1, 0.15) is 5.75 Å². The average Bonchev–Trinajstić information content (AvgIpc) is 2.70. The van der Waals surface area contributed by atoms with Gasteiger partial charge < -0.3 is 15.4 Å². The van der Waals surface area contributed by atoms with Crippen LogP contribution in [-0.4, -0.2) is 18.9 Å². The maximum Gasteiger partial charge on any atom is 0.255 e. The van der Waals surface area contributed by atoms with Crippen molar-refractivity contribution in [1.82, 2.24) is 0 Å². The lowest BCUT2D eigenvalue weighted by Crippen LogP contribution is -2.15. The number of ether oxygens (including phenoxy) is 1. The molecule has 2 N–H and O–H groups in total. The van der Waals surface area contributed by atoms with E-state index in [-0.39, 0.29) is 11.8 Å². The van der Waals surface area contributed by atoms with Gasteiger partial charge >= 0.3 is 0 Å². The van der Waals surface area contributed by atoms with Crippen molar-refractivity contribution < 1.29 is 14.3 Å². The first-order chi connectivity index (χ1) is 13.9. The van der Waals surface area contributed by atoms with Gasteiger partial charge in [-0.25, -0.2) is 0 Å². The van der Waals surface area contributed by atoms with E-state index in [2.05, 4.69) is 10.6 Å². The molecule has 29 heavy (non-hydrogen) atoms. The Kier molecular flexibility index (Phi) is 5.98. The molecule has 0 aliphatic rings. The fourth-order valence-electron chi connectivity index (χ4n) is 3.24. The van der Waals surface area contributed by atoms with Crippen molar-refractivity contribution in [2.24, 2.45) is 0 Å². The molecule has 3 rings (SSSR count). The molecule has 0 saturated carbocycles. The molecule has 3 aromatic rings. The highest BCUT2D eigenvalue weighted by Crippen LogP contribution is 2.23. The van der Waals surface area contributed by atoms with Crippen LogP contribution >= 0.6 is 0 Å². The molecule has 148 valence electrons. The van der Waals surface area contributed by atoms with Crippen molar-refractivity contribution >= 4 is 23.2 Å². The van der Waals surface area contributed by atoms with E-state index in [4.69, 9.17) is 4.74 Å². The summed E-state index contributed by atoms with van der Waals surface area (Å²) in [5.41, 5.74) is 5.61. The van der Waals surface area contributed by atoms with Crippen LogP contribution in [0.25, 0.3) is 0 Å². The zero-order valence-electron chi connectivity index (χ0n) is 17.0. The molecule has 0 radical (unpaired) electrons. The van der Waals surface area contributed by atoms with Crippen molar-refractivity contribution in [3.05, 3.63) is 88.5 Å². The molecule has 0 fully saturated rings. The van der Waals surface area contributed by atoms with Gasteiger partial charge in [0.2, 0.25) is 0 Å². The van der Waals surface area contributed by atoms with Gasteiger partial charge in [0, 0.05) is 28.6 Å². The Morgan fingerprint density at radius 2 is 1.31 bits per heavy atom. The van der Waals surface area contributed by atoms with E-state index < -0.39 is 0 Å². The molecule has 0 aromatic heterocycles. The Bertz CT molecular complexity index is 1030. The molecule has 5 nitrogen and oxygen atoms in total. The van der Waals surface area contributed by atoms with Crippen LogP contribution in [0.5, 0.6) is 5.75 Å². The second-order valence-electron chi connectivity index (χ2n) is 6.99. The normalized spacial score (nSPS) is 10.3. The molecule has 0 heterocycles. The Morgan fingerprint density at radius 3 is 1.86 bits per heavy atom. The fraction of sp³-hybridized carbons (Fsp3) is 0.167. The van der Waals surface area contributed by atoms with Gasteiger partial charge in [-0.2, -0.15) is 0 Å². The van der Waals surface area contributed by atoms with Crippen molar-refractivity contribution in [2.45, 2.75) is 20.8 Å². The topological polar surface area (TPSA) is 67.4 Å². The molecule has 0 atom stereocenters. The molecular weight excluding hydrogens is 364 g/mol. The number of rotatable bonds is 5. The lowest BCUT2D eigenvalue weighted by molar-refractivity contribution is 0.101. The van der Waals surface area contributed by atoms with Crippen molar-refractivity contribution in [1.29, 1.82) is 0 Å².